The lowest BCUT2D eigenvalue weighted by atomic mass is 9.89. The van der Waals surface area contributed by atoms with Gasteiger partial charge in [0.1, 0.15) is 16.1 Å². The van der Waals surface area contributed by atoms with Crippen LogP contribution in [0.5, 0.6) is 0 Å². The molecule has 0 radical (unpaired) electrons. The SMILES string of the molecule is N=C1CC(=Cc2ccccc2)C=CC1c1nc(Cl)cc(Cl)n1. The van der Waals surface area contributed by atoms with Crippen LogP contribution in [-0.4, -0.2) is 15.7 Å². The van der Waals surface area contributed by atoms with E-state index < -0.39 is 0 Å². The molecule has 1 atom stereocenters. The Bertz CT molecular complexity index is 746. The Labute approximate surface area is 138 Å². The Hall–Kier alpha value is -1.97. The zero-order chi connectivity index (χ0) is 15.5. The van der Waals surface area contributed by atoms with Crippen LogP contribution in [0.4, 0.5) is 0 Å². The van der Waals surface area contributed by atoms with E-state index in [4.69, 9.17) is 28.6 Å². The predicted octanol–water partition coefficient (Wildman–Crippen LogP) is 4.93. The summed E-state index contributed by atoms with van der Waals surface area (Å²) >= 11 is 11.8. The number of benzene rings is 1. The summed E-state index contributed by atoms with van der Waals surface area (Å²) in [5.41, 5.74) is 2.74. The number of nitrogens with zero attached hydrogens (tertiary/aromatic N) is 2. The highest BCUT2D eigenvalue weighted by Gasteiger charge is 2.22. The van der Waals surface area contributed by atoms with E-state index in [1.54, 1.807) is 0 Å². The molecule has 1 aromatic heterocycles. The van der Waals surface area contributed by atoms with Crippen molar-refractivity contribution in [3.8, 4) is 0 Å². The second kappa shape index (κ2) is 6.42. The molecule has 0 spiro atoms. The van der Waals surface area contributed by atoms with Crippen molar-refractivity contribution in [3.05, 3.63) is 75.8 Å². The van der Waals surface area contributed by atoms with Crippen molar-refractivity contribution in [2.75, 3.05) is 0 Å². The van der Waals surface area contributed by atoms with Gasteiger partial charge in [-0.05, 0) is 11.1 Å². The van der Waals surface area contributed by atoms with Gasteiger partial charge in [0.25, 0.3) is 0 Å². The first-order valence-corrected chi connectivity index (χ1v) is 7.58. The smallest absolute Gasteiger partial charge is 0.144 e. The van der Waals surface area contributed by atoms with Crippen LogP contribution >= 0.6 is 23.2 Å². The molecule has 0 aliphatic heterocycles. The number of halogens is 2. The minimum absolute atomic E-state index is 0.274. The summed E-state index contributed by atoms with van der Waals surface area (Å²) in [5.74, 6) is 0.196. The summed E-state index contributed by atoms with van der Waals surface area (Å²) in [5, 5.41) is 8.85. The maximum absolute atomic E-state index is 8.26. The highest BCUT2D eigenvalue weighted by Crippen LogP contribution is 2.28. The van der Waals surface area contributed by atoms with E-state index in [0.717, 1.165) is 11.1 Å². The quantitative estimate of drug-likeness (QED) is 0.794. The second-order valence-corrected chi connectivity index (χ2v) is 5.81. The average Bonchev–Trinajstić information content (AvgIpc) is 2.47. The summed E-state index contributed by atoms with van der Waals surface area (Å²) in [7, 11) is 0. The molecule has 0 bridgehead atoms. The minimum Gasteiger partial charge on any atom is -0.308 e. The summed E-state index contributed by atoms with van der Waals surface area (Å²) in [6, 6.07) is 11.5. The number of aromatic nitrogens is 2. The third kappa shape index (κ3) is 3.43. The Kier molecular flexibility index (Phi) is 4.36. The van der Waals surface area contributed by atoms with E-state index in [1.165, 1.54) is 6.07 Å². The molecule has 0 saturated heterocycles. The zero-order valence-electron chi connectivity index (χ0n) is 11.6. The van der Waals surface area contributed by atoms with Gasteiger partial charge in [-0.3, -0.25) is 0 Å². The highest BCUT2D eigenvalue weighted by atomic mass is 35.5. The summed E-state index contributed by atoms with van der Waals surface area (Å²) < 4.78 is 0. The fourth-order valence-electron chi connectivity index (χ4n) is 2.37. The van der Waals surface area contributed by atoms with Gasteiger partial charge in [-0.1, -0.05) is 71.8 Å². The molecule has 3 nitrogen and oxygen atoms in total. The Morgan fingerprint density at radius 3 is 2.41 bits per heavy atom. The molecule has 110 valence electrons. The lowest BCUT2D eigenvalue weighted by Crippen LogP contribution is -2.16. The number of allylic oxidation sites excluding steroid dienone is 3. The van der Waals surface area contributed by atoms with Crippen LogP contribution in [-0.2, 0) is 0 Å². The third-order valence-electron chi connectivity index (χ3n) is 3.38. The average molecular weight is 330 g/mol. The molecule has 1 aliphatic carbocycles. The van der Waals surface area contributed by atoms with Gasteiger partial charge in [0.15, 0.2) is 0 Å². The standard InChI is InChI=1S/C17H13Cl2N3/c18-15-10-16(19)22-17(21-15)13-7-6-12(9-14(13)20)8-11-4-2-1-3-5-11/h1-8,10,13,20H,9H2. The molecule has 2 aromatic rings. The maximum Gasteiger partial charge on any atom is 0.144 e. The molecule has 1 aromatic carbocycles. The predicted molar refractivity (Wildman–Crippen MR) is 90.7 cm³/mol. The molecule has 0 saturated carbocycles. The lowest BCUT2D eigenvalue weighted by molar-refractivity contribution is 0.906. The van der Waals surface area contributed by atoms with Crippen LogP contribution in [0, 0.1) is 5.41 Å². The van der Waals surface area contributed by atoms with E-state index in [1.807, 2.05) is 42.5 Å². The molecule has 3 rings (SSSR count). The fraction of sp³-hybridized carbons (Fsp3) is 0.118. The van der Waals surface area contributed by atoms with Gasteiger partial charge in [-0.25, -0.2) is 9.97 Å². The van der Waals surface area contributed by atoms with E-state index in [0.29, 0.717) is 28.3 Å². The van der Waals surface area contributed by atoms with Gasteiger partial charge in [-0.15, -0.1) is 0 Å². The minimum atomic E-state index is -0.274. The number of hydrogen-bond acceptors (Lipinski definition) is 3. The van der Waals surface area contributed by atoms with Crippen molar-refractivity contribution < 1.29 is 0 Å². The Morgan fingerprint density at radius 2 is 1.77 bits per heavy atom. The molecule has 22 heavy (non-hydrogen) atoms. The van der Waals surface area contributed by atoms with E-state index in [2.05, 4.69) is 16.0 Å². The van der Waals surface area contributed by atoms with Gasteiger partial charge in [0.05, 0.1) is 5.92 Å². The van der Waals surface area contributed by atoms with Crippen molar-refractivity contribution in [2.45, 2.75) is 12.3 Å². The normalized spacial score (nSPS) is 19.6. The molecule has 1 aliphatic rings. The van der Waals surface area contributed by atoms with Crippen LogP contribution in [0.2, 0.25) is 10.3 Å². The van der Waals surface area contributed by atoms with Crippen molar-refractivity contribution in [1.82, 2.24) is 9.97 Å². The van der Waals surface area contributed by atoms with E-state index >= 15 is 0 Å². The number of rotatable bonds is 2. The first kappa shape index (κ1) is 14.9. The molecule has 0 fully saturated rings. The zero-order valence-corrected chi connectivity index (χ0v) is 13.1. The Balaban J connectivity index is 1.88. The monoisotopic (exact) mass is 329 g/mol. The van der Waals surface area contributed by atoms with Crippen LogP contribution < -0.4 is 0 Å². The van der Waals surface area contributed by atoms with Gasteiger partial charge < -0.3 is 5.41 Å². The van der Waals surface area contributed by atoms with Gasteiger partial charge >= 0.3 is 0 Å². The highest BCUT2D eigenvalue weighted by molar-refractivity contribution is 6.33. The van der Waals surface area contributed by atoms with Crippen molar-refractivity contribution >= 4 is 35.0 Å². The van der Waals surface area contributed by atoms with Crippen LogP contribution in [0.1, 0.15) is 23.7 Å². The maximum atomic E-state index is 8.26. The van der Waals surface area contributed by atoms with E-state index in [9.17, 15) is 0 Å². The largest absolute Gasteiger partial charge is 0.308 e. The fourth-order valence-corrected chi connectivity index (χ4v) is 2.81. The van der Waals surface area contributed by atoms with Gasteiger partial charge in [0, 0.05) is 18.2 Å². The Morgan fingerprint density at radius 1 is 1.09 bits per heavy atom. The topological polar surface area (TPSA) is 49.6 Å². The summed E-state index contributed by atoms with van der Waals surface area (Å²) in [6.07, 6.45) is 6.56. The van der Waals surface area contributed by atoms with Crippen molar-refractivity contribution in [1.29, 1.82) is 5.41 Å². The van der Waals surface area contributed by atoms with E-state index in [-0.39, 0.29) is 5.92 Å². The molecule has 1 N–H and O–H groups in total. The summed E-state index contributed by atoms with van der Waals surface area (Å²) in [6.45, 7) is 0. The molecular weight excluding hydrogens is 317 g/mol. The molecule has 1 heterocycles. The molecular formula is C17H13Cl2N3. The van der Waals surface area contributed by atoms with Crippen LogP contribution in [0.3, 0.4) is 0 Å². The number of hydrogen-bond donors (Lipinski definition) is 1. The molecule has 5 heteroatoms. The lowest BCUT2D eigenvalue weighted by Gasteiger charge is -2.19. The van der Waals surface area contributed by atoms with Gasteiger partial charge in [-0.2, -0.15) is 0 Å². The number of nitrogens with one attached hydrogen (secondary N) is 1. The third-order valence-corrected chi connectivity index (χ3v) is 3.77. The molecule has 1 unspecified atom stereocenters. The van der Waals surface area contributed by atoms with Crippen LogP contribution in [0.25, 0.3) is 6.08 Å². The first-order chi connectivity index (χ1) is 10.6. The van der Waals surface area contributed by atoms with Crippen LogP contribution in [0.15, 0.2) is 54.1 Å². The summed E-state index contributed by atoms with van der Waals surface area (Å²) in [4.78, 5) is 8.35. The first-order valence-electron chi connectivity index (χ1n) is 6.83. The van der Waals surface area contributed by atoms with Gasteiger partial charge in [0.2, 0.25) is 0 Å². The van der Waals surface area contributed by atoms with Crippen molar-refractivity contribution in [2.24, 2.45) is 0 Å². The van der Waals surface area contributed by atoms with Crippen molar-refractivity contribution in [3.63, 3.8) is 0 Å². The molecule has 0 amide bonds. The second-order valence-electron chi connectivity index (χ2n) is 5.04.